The highest BCUT2D eigenvalue weighted by atomic mass is 16.5. The van der Waals surface area contributed by atoms with E-state index in [0.29, 0.717) is 17.1 Å². The molecule has 3 rings (SSSR count). The molecule has 2 heterocycles. The van der Waals surface area contributed by atoms with Gasteiger partial charge in [0.05, 0.1) is 19.8 Å². The van der Waals surface area contributed by atoms with Crippen molar-refractivity contribution in [3.05, 3.63) is 18.6 Å². The average molecular weight is 287 g/mol. The summed E-state index contributed by atoms with van der Waals surface area (Å²) in [5.41, 5.74) is 1.36. The van der Waals surface area contributed by atoms with Crippen LogP contribution in [0.2, 0.25) is 0 Å². The minimum atomic E-state index is 0.256. The zero-order chi connectivity index (χ0) is 14.7. The van der Waals surface area contributed by atoms with Crippen molar-refractivity contribution >= 4 is 5.82 Å². The number of anilines is 1. The van der Waals surface area contributed by atoms with E-state index in [0.717, 1.165) is 18.3 Å². The molecule has 0 spiro atoms. The van der Waals surface area contributed by atoms with Gasteiger partial charge in [0, 0.05) is 25.1 Å². The lowest BCUT2D eigenvalue weighted by atomic mass is 10.2. The molecule has 110 valence electrons. The number of nitrogens with zero attached hydrogens (tertiary/aromatic N) is 4. The molecule has 2 aromatic rings. The second-order valence-corrected chi connectivity index (χ2v) is 4.86. The molecule has 0 unspecified atom stereocenters. The molecule has 0 bridgehead atoms. The van der Waals surface area contributed by atoms with Crippen LogP contribution in [0.25, 0.3) is 11.3 Å². The minimum absolute atomic E-state index is 0.256. The SMILES string of the molecule is COc1ncc(-c2nccnc2NCC2CC2)c(OC)n1. The zero-order valence-electron chi connectivity index (χ0n) is 12.0. The molecule has 0 amide bonds. The molecule has 1 aliphatic carbocycles. The molecule has 0 atom stereocenters. The van der Waals surface area contributed by atoms with Crippen molar-refractivity contribution in [1.82, 2.24) is 19.9 Å². The molecule has 2 aromatic heterocycles. The van der Waals surface area contributed by atoms with Crippen molar-refractivity contribution in [3.8, 4) is 23.1 Å². The van der Waals surface area contributed by atoms with E-state index in [2.05, 4.69) is 25.3 Å². The average Bonchev–Trinajstić information content (AvgIpc) is 3.37. The second-order valence-electron chi connectivity index (χ2n) is 4.86. The summed E-state index contributed by atoms with van der Waals surface area (Å²) in [6.45, 7) is 0.908. The smallest absolute Gasteiger partial charge is 0.319 e. The summed E-state index contributed by atoms with van der Waals surface area (Å²) in [6, 6.07) is 0.256. The van der Waals surface area contributed by atoms with Gasteiger partial charge in [0.15, 0.2) is 5.82 Å². The van der Waals surface area contributed by atoms with E-state index in [4.69, 9.17) is 9.47 Å². The summed E-state index contributed by atoms with van der Waals surface area (Å²) in [4.78, 5) is 17.0. The van der Waals surface area contributed by atoms with Gasteiger partial charge in [0.25, 0.3) is 0 Å². The van der Waals surface area contributed by atoms with Gasteiger partial charge in [0.1, 0.15) is 5.69 Å². The van der Waals surface area contributed by atoms with E-state index in [1.54, 1.807) is 25.7 Å². The first-order chi connectivity index (χ1) is 10.3. The Morgan fingerprint density at radius 1 is 1.14 bits per heavy atom. The second kappa shape index (κ2) is 5.90. The van der Waals surface area contributed by atoms with E-state index in [-0.39, 0.29) is 6.01 Å². The predicted molar refractivity (Wildman–Crippen MR) is 77.4 cm³/mol. The fourth-order valence-corrected chi connectivity index (χ4v) is 1.99. The number of methoxy groups -OCH3 is 2. The summed E-state index contributed by atoms with van der Waals surface area (Å²) < 4.78 is 10.3. The van der Waals surface area contributed by atoms with Crippen molar-refractivity contribution < 1.29 is 9.47 Å². The van der Waals surface area contributed by atoms with Crippen LogP contribution in [0, 0.1) is 5.92 Å². The maximum Gasteiger partial charge on any atom is 0.319 e. The molecule has 7 heteroatoms. The van der Waals surface area contributed by atoms with Gasteiger partial charge in [-0.05, 0) is 18.8 Å². The van der Waals surface area contributed by atoms with Crippen molar-refractivity contribution in [2.45, 2.75) is 12.8 Å². The third-order valence-electron chi connectivity index (χ3n) is 3.32. The van der Waals surface area contributed by atoms with Crippen LogP contribution < -0.4 is 14.8 Å². The predicted octanol–water partition coefficient (Wildman–Crippen LogP) is 1.77. The van der Waals surface area contributed by atoms with Crippen LogP contribution in [-0.2, 0) is 0 Å². The van der Waals surface area contributed by atoms with Crippen LogP contribution in [0.4, 0.5) is 5.82 Å². The van der Waals surface area contributed by atoms with Crippen molar-refractivity contribution in [2.24, 2.45) is 5.92 Å². The standard InChI is InChI=1S/C14H17N5O2/c1-20-13-10(8-18-14(19-13)21-2)11-12(16-6-5-15-11)17-7-9-3-4-9/h5-6,8-9H,3-4,7H2,1-2H3,(H,16,17). The summed E-state index contributed by atoms with van der Waals surface area (Å²) in [7, 11) is 3.07. The Morgan fingerprint density at radius 2 is 1.95 bits per heavy atom. The van der Waals surface area contributed by atoms with E-state index >= 15 is 0 Å². The van der Waals surface area contributed by atoms with E-state index in [1.165, 1.54) is 20.0 Å². The van der Waals surface area contributed by atoms with E-state index in [1.807, 2.05) is 0 Å². The first-order valence-electron chi connectivity index (χ1n) is 6.82. The molecular formula is C14H17N5O2. The summed E-state index contributed by atoms with van der Waals surface area (Å²) in [5.74, 6) is 1.88. The maximum absolute atomic E-state index is 5.31. The molecule has 1 aliphatic rings. The van der Waals surface area contributed by atoms with Crippen molar-refractivity contribution in [3.63, 3.8) is 0 Å². The number of hydrogen-bond acceptors (Lipinski definition) is 7. The first kappa shape index (κ1) is 13.5. The maximum atomic E-state index is 5.31. The third kappa shape index (κ3) is 3.01. The Bertz CT molecular complexity index is 631. The van der Waals surface area contributed by atoms with Gasteiger partial charge in [-0.1, -0.05) is 0 Å². The van der Waals surface area contributed by atoms with Gasteiger partial charge in [-0.2, -0.15) is 4.98 Å². The van der Waals surface area contributed by atoms with Crippen LogP contribution in [0.5, 0.6) is 11.9 Å². The van der Waals surface area contributed by atoms with Crippen molar-refractivity contribution in [2.75, 3.05) is 26.1 Å². The zero-order valence-corrected chi connectivity index (χ0v) is 12.0. The molecular weight excluding hydrogens is 270 g/mol. The molecule has 0 saturated heterocycles. The number of ether oxygens (including phenoxy) is 2. The lowest BCUT2D eigenvalue weighted by molar-refractivity contribution is 0.353. The summed E-state index contributed by atoms with van der Waals surface area (Å²) in [5, 5.41) is 3.34. The Balaban J connectivity index is 1.94. The topological polar surface area (TPSA) is 82.1 Å². The molecule has 7 nitrogen and oxygen atoms in total. The minimum Gasteiger partial charge on any atom is -0.480 e. The lowest BCUT2D eigenvalue weighted by Gasteiger charge is -2.12. The molecule has 1 N–H and O–H groups in total. The van der Waals surface area contributed by atoms with Crippen molar-refractivity contribution in [1.29, 1.82) is 0 Å². The van der Waals surface area contributed by atoms with E-state index < -0.39 is 0 Å². The molecule has 0 aromatic carbocycles. The molecule has 0 radical (unpaired) electrons. The number of nitrogens with one attached hydrogen (secondary N) is 1. The van der Waals surface area contributed by atoms with Gasteiger partial charge >= 0.3 is 6.01 Å². The van der Waals surface area contributed by atoms with Crippen LogP contribution >= 0.6 is 0 Å². The number of aromatic nitrogens is 4. The van der Waals surface area contributed by atoms with E-state index in [9.17, 15) is 0 Å². The fourth-order valence-electron chi connectivity index (χ4n) is 1.99. The largest absolute Gasteiger partial charge is 0.480 e. The van der Waals surface area contributed by atoms with Crippen LogP contribution in [0.15, 0.2) is 18.6 Å². The fraction of sp³-hybridized carbons (Fsp3) is 0.429. The Kier molecular flexibility index (Phi) is 3.81. The highest BCUT2D eigenvalue weighted by Crippen LogP contribution is 2.33. The Labute approximate surface area is 122 Å². The molecule has 21 heavy (non-hydrogen) atoms. The molecule has 1 fully saturated rings. The third-order valence-corrected chi connectivity index (χ3v) is 3.32. The van der Waals surface area contributed by atoms with Crippen LogP contribution in [-0.4, -0.2) is 40.7 Å². The Morgan fingerprint density at radius 3 is 2.67 bits per heavy atom. The molecule has 1 saturated carbocycles. The lowest BCUT2D eigenvalue weighted by Crippen LogP contribution is -2.08. The normalized spacial score (nSPS) is 13.8. The van der Waals surface area contributed by atoms with Gasteiger partial charge in [-0.15, -0.1) is 0 Å². The number of rotatable bonds is 6. The summed E-state index contributed by atoms with van der Waals surface area (Å²) >= 11 is 0. The highest BCUT2D eigenvalue weighted by molar-refractivity contribution is 5.74. The Hall–Kier alpha value is -2.44. The monoisotopic (exact) mass is 287 g/mol. The van der Waals surface area contributed by atoms with Crippen LogP contribution in [0.1, 0.15) is 12.8 Å². The van der Waals surface area contributed by atoms with Gasteiger partial charge < -0.3 is 14.8 Å². The van der Waals surface area contributed by atoms with Gasteiger partial charge in [0.2, 0.25) is 5.88 Å². The van der Waals surface area contributed by atoms with Gasteiger partial charge in [-0.3, -0.25) is 4.98 Å². The first-order valence-corrected chi connectivity index (χ1v) is 6.82. The number of hydrogen-bond donors (Lipinski definition) is 1. The quantitative estimate of drug-likeness (QED) is 0.867. The summed E-state index contributed by atoms with van der Waals surface area (Å²) in [6.07, 6.45) is 7.49. The highest BCUT2D eigenvalue weighted by Gasteiger charge is 2.22. The molecule has 0 aliphatic heterocycles. The van der Waals surface area contributed by atoms with Crippen LogP contribution in [0.3, 0.4) is 0 Å². The van der Waals surface area contributed by atoms with Gasteiger partial charge in [-0.25, -0.2) is 9.97 Å².